The molecule has 1 heterocycles. The first-order valence-corrected chi connectivity index (χ1v) is 8.06. The van der Waals surface area contributed by atoms with Gasteiger partial charge in [0.25, 0.3) is 5.76 Å². The van der Waals surface area contributed by atoms with Gasteiger partial charge in [-0.15, -0.1) is 0 Å². The summed E-state index contributed by atoms with van der Waals surface area (Å²) in [7, 11) is 0. The van der Waals surface area contributed by atoms with Crippen molar-refractivity contribution >= 4 is 17.4 Å². The fourth-order valence-electron chi connectivity index (χ4n) is 2.63. The molecular weight excluding hydrogens is 278 g/mol. The molecule has 2 nitrogen and oxygen atoms in total. The van der Waals surface area contributed by atoms with E-state index < -0.39 is 5.76 Å². The zero-order chi connectivity index (χ0) is 14.4. The standard InChI is InChI=1S/C15H22F2N2S/c1-11(10-13-4-2-3-9-18-13)19-12-5-7-14(8-6-12)20-15(16)17/h5-8,11,13,15,18-19H,2-4,9-10H2,1H3. The molecule has 1 saturated heterocycles. The average Bonchev–Trinajstić information content (AvgIpc) is 2.41. The van der Waals surface area contributed by atoms with E-state index in [2.05, 4.69) is 17.6 Å². The average molecular weight is 300 g/mol. The maximum atomic E-state index is 12.2. The largest absolute Gasteiger partial charge is 0.383 e. The van der Waals surface area contributed by atoms with Crippen LogP contribution in [0, 0.1) is 0 Å². The molecule has 112 valence electrons. The molecule has 2 rings (SSSR count). The first-order valence-electron chi connectivity index (χ1n) is 7.18. The van der Waals surface area contributed by atoms with Crippen LogP contribution in [-0.2, 0) is 0 Å². The first kappa shape index (κ1) is 15.6. The first-order chi connectivity index (χ1) is 9.63. The Morgan fingerprint density at radius 2 is 2.05 bits per heavy atom. The Morgan fingerprint density at radius 1 is 1.30 bits per heavy atom. The van der Waals surface area contributed by atoms with E-state index in [9.17, 15) is 8.78 Å². The van der Waals surface area contributed by atoms with E-state index in [0.29, 0.717) is 28.7 Å². The summed E-state index contributed by atoms with van der Waals surface area (Å²) < 4.78 is 24.5. The van der Waals surface area contributed by atoms with Crippen LogP contribution in [0.3, 0.4) is 0 Å². The van der Waals surface area contributed by atoms with Crippen LogP contribution in [0.1, 0.15) is 32.6 Å². The van der Waals surface area contributed by atoms with Gasteiger partial charge in [-0.05, 0) is 57.0 Å². The van der Waals surface area contributed by atoms with E-state index in [1.807, 2.05) is 12.1 Å². The fourth-order valence-corrected chi connectivity index (χ4v) is 3.13. The second-order valence-corrected chi connectivity index (χ2v) is 6.39. The lowest BCUT2D eigenvalue weighted by atomic mass is 9.99. The molecule has 0 radical (unpaired) electrons. The number of benzene rings is 1. The normalized spacial score (nSPS) is 20.9. The molecule has 2 atom stereocenters. The number of halogens is 2. The molecule has 0 aromatic heterocycles. The van der Waals surface area contributed by atoms with Crippen molar-refractivity contribution in [2.45, 2.75) is 55.3 Å². The van der Waals surface area contributed by atoms with Gasteiger partial charge in [-0.3, -0.25) is 0 Å². The zero-order valence-electron chi connectivity index (χ0n) is 11.7. The summed E-state index contributed by atoms with van der Waals surface area (Å²) >= 11 is 0.583. The Kier molecular flexibility index (Phi) is 6.10. The van der Waals surface area contributed by atoms with E-state index in [1.54, 1.807) is 12.1 Å². The summed E-state index contributed by atoms with van der Waals surface area (Å²) in [6.45, 7) is 3.29. The number of anilines is 1. The number of hydrogen-bond donors (Lipinski definition) is 2. The lowest BCUT2D eigenvalue weighted by molar-refractivity contribution is 0.252. The molecule has 1 aliphatic rings. The summed E-state index contributed by atoms with van der Waals surface area (Å²) in [6, 6.07) is 8.19. The van der Waals surface area contributed by atoms with Crippen LogP contribution >= 0.6 is 11.8 Å². The molecule has 2 N–H and O–H groups in total. The van der Waals surface area contributed by atoms with Crippen molar-refractivity contribution < 1.29 is 8.78 Å². The second kappa shape index (κ2) is 7.84. The monoisotopic (exact) mass is 300 g/mol. The topological polar surface area (TPSA) is 24.1 Å². The van der Waals surface area contributed by atoms with Crippen LogP contribution < -0.4 is 10.6 Å². The van der Waals surface area contributed by atoms with Gasteiger partial charge < -0.3 is 10.6 Å². The van der Waals surface area contributed by atoms with Crippen molar-refractivity contribution in [1.29, 1.82) is 0 Å². The molecule has 20 heavy (non-hydrogen) atoms. The van der Waals surface area contributed by atoms with Gasteiger partial charge in [-0.25, -0.2) is 0 Å². The highest BCUT2D eigenvalue weighted by Crippen LogP contribution is 2.26. The molecule has 1 aliphatic heterocycles. The Bertz CT molecular complexity index is 391. The van der Waals surface area contributed by atoms with Crippen molar-refractivity contribution in [2.75, 3.05) is 11.9 Å². The smallest absolute Gasteiger partial charge is 0.288 e. The summed E-state index contributed by atoms with van der Waals surface area (Å²) in [5.41, 5.74) is 0.993. The lowest BCUT2D eigenvalue weighted by Gasteiger charge is -2.27. The molecule has 2 unspecified atom stereocenters. The number of thioether (sulfide) groups is 1. The van der Waals surface area contributed by atoms with Crippen LogP contribution in [-0.4, -0.2) is 24.4 Å². The fraction of sp³-hybridized carbons (Fsp3) is 0.600. The summed E-state index contributed by atoms with van der Waals surface area (Å²) in [5, 5.41) is 6.97. The lowest BCUT2D eigenvalue weighted by Crippen LogP contribution is -2.37. The predicted molar refractivity (Wildman–Crippen MR) is 81.6 cm³/mol. The third-order valence-electron chi connectivity index (χ3n) is 3.54. The summed E-state index contributed by atoms with van der Waals surface area (Å²) in [6.07, 6.45) is 4.93. The van der Waals surface area contributed by atoms with Gasteiger partial charge in [0.1, 0.15) is 0 Å². The van der Waals surface area contributed by atoms with Crippen molar-refractivity contribution in [3.63, 3.8) is 0 Å². The SMILES string of the molecule is CC(CC1CCCCN1)Nc1ccc(SC(F)F)cc1. The number of nitrogens with one attached hydrogen (secondary N) is 2. The predicted octanol–water partition coefficient (Wildman–Crippen LogP) is 4.33. The van der Waals surface area contributed by atoms with Gasteiger partial charge in [0.2, 0.25) is 0 Å². The van der Waals surface area contributed by atoms with Crippen LogP contribution in [0.25, 0.3) is 0 Å². The third kappa shape index (κ3) is 5.29. The quantitative estimate of drug-likeness (QED) is 0.765. The van der Waals surface area contributed by atoms with Crippen LogP contribution in [0.2, 0.25) is 0 Å². The van der Waals surface area contributed by atoms with Crippen molar-refractivity contribution in [1.82, 2.24) is 5.32 Å². The minimum Gasteiger partial charge on any atom is -0.383 e. The number of rotatable bonds is 6. The minimum atomic E-state index is -2.36. The number of hydrogen-bond acceptors (Lipinski definition) is 3. The second-order valence-electron chi connectivity index (χ2n) is 5.33. The number of piperidine rings is 1. The summed E-state index contributed by atoms with van der Waals surface area (Å²) in [4.78, 5) is 0.604. The van der Waals surface area contributed by atoms with Gasteiger partial charge in [-0.1, -0.05) is 18.2 Å². The van der Waals surface area contributed by atoms with Gasteiger partial charge in [-0.2, -0.15) is 8.78 Å². The van der Waals surface area contributed by atoms with Gasteiger partial charge in [0, 0.05) is 22.7 Å². The minimum absolute atomic E-state index is 0.374. The Balaban J connectivity index is 1.79. The van der Waals surface area contributed by atoms with Crippen LogP contribution in [0.5, 0.6) is 0 Å². The highest BCUT2D eigenvalue weighted by atomic mass is 32.2. The highest BCUT2D eigenvalue weighted by molar-refractivity contribution is 7.99. The van der Waals surface area contributed by atoms with Gasteiger partial charge in [0.05, 0.1) is 0 Å². The van der Waals surface area contributed by atoms with Crippen LogP contribution in [0.4, 0.5) is 14.5 Å². The zero-order valence-corrected chi connectivity index (χ0v) is 12.6. The molecule has 0 aliphatic carbocycles. The molecule has 0 amide bonds. The maximum absolute atomic E-state index is 12.2. The maximum Gasteiger partial charge on any atom is 0.288 e. The highest BCUT2D eigenvalue weighted by Gasteiger charge is 2.15. The van der Waals surface area contributed by atoms with Crippen molar-refractivity contribution in [3.8, 4) is 0 Å². The van der Waals surface area contributed by atoms with Crippen molar-refractivity contribution in [2.24, 2.45) is 0 Å². The van der Waals surface area contributed by atoms with Gasteiger partial charge >= 0.3 is 0 Å². The Morgan fingerprint density at radius 3 is 2.65 bits per heavy atom. The molecule has 1 aromatic rings. The van der Waals surface area contributed by atoms with E-state index in [4.69, 9.17) is 0 Å². The van der Waals surface area contributed by atoms with Crippen molar-refractivity contribution in [3.05, 3.63) is 24.3 Å². The van der Waals surface area contributed by atoms with E-state index in [0.717, 1.165) is 18.7 Å². The van der Waals surface area contributed by atoms with E-state index >= 15 is 0 Å². The molecule has 1 fully saturated rings. The van der Waals surface area contributed by atoms with E-state index in [1.165, 1.54) is 19.3 Å². The molecule has 0 spiro atoms. The third-order valence-corrected chi connectivity index (χ3v) is 4.27. The Hall–Kier alpha value is -0.810. The summed E-state index contributed by atoms with van der Waals surface area (Å²) in [5.74, 6) is -2.36. The molecular formula is C15H22F2N2S. The van der Waals surface area contributed by atoms with E-state index in [-0.39, 0.29) is 0 Å². The van der Waals surface area contributed by atoms with Gasteiger partial charge in [0.15, 0.2) is 0 Å². The molecule has 5 heteroatoms. The molecule has 0 saturated carbocycles. The Labute approximate surface area is 123 Å². The molecule has 0 bridgehead atoms. The molecule has 1 aromatic carbocycles. The number of alkyl halides is 2. The van der Waals surface area contributed by atoms with Crippen LogP contribution in [0.15, 0.2) is 29.2 Å².